The van der Waals surface area contributed by atoms with Gasteiger partial charge in [-0.2, -0.15) is 0 Å². The minimum atomic E-state index is 0.536. The Hall–Kier alpha value is -0.600. The predicted octanol–water partition coefficient (Wildman–Crippen LogP) is 6.04. The highest BCUT2D eigenvalue weighted by Gasteiger charge is 2.03. The Bertz CT molecular complexity index is 534. The van der Waals surface area contributed by atoms with Crippen LogP contribution in [0.4, 0.5) is 11.4 Å². The van der Waals surface area contributed by atoms with Crippen molar-refractivity contribution >= 4 is 57.8 Å². The third kappa shape index (κ3) is 3.43. The molecule has 0 bridgehead atoms. The fraction of sp³-hybridized carbons (Fsp3) is 0. The zero-order valence-corrected chi connectivity index (χ0v) is 11.5. The summed E-state index contributed by atoms with van der Waals surface area (Å²) >= 11 is 23.7. The van der Waals surface area contributed by atoms with Crippen LogP contribution in [0.5, 0.6) is 0 Å². The molecule has 0 fully saturated rings. The fourth-order valence-corrected chi connectivity index (χ4v) is 2.35. The smallest absolute Gasteiger partial charge is 0.0655 e. The van der Waals surface area contributed by atoms with E-state index in [4.69, 9.17) is 46.4 Å². The van der Waals surface area contributed by atoms with E-state index >= 15 is 0 Å². The molecule has 0 atom stereocenters. The molecular weight excluding hydrogens is 300 g/mol. The van der Waals surface area contributed by atoms with Crippen molar-refractivity contribution in [2.75, 3.05) is 5.32 Å². The summed E-state index contributed by atoms with van der Waals surface area (Å²) < 4.78 is 0. The van der Waals surface area contributed by atoms with Gasteiger partial charge in [0, 0.05) is 20.8 Å². The van der Waals surface area contributed by atoms with E-state index < -0.39 is 0 Å². The number of anilines is 2. The van der Waals surface area contributed by atoms with Crippen molar-refractivity contribution < 1.29 is 0 Å². The molecule has 0 aromatic heterocycles. The Morgan fingerprint density at radius 3 is 1.94 bits per heavy atom. The maximum atomic E-state index is 6.05. The van der Waals surface area contributed by atoms with E-state index in [0.717, 1.165) is 11.4 Å². The Morgan fingerprint density at radius 1 is 0.706 bits per heavy atom. The summed E-state index contributed by atoms with van der Waals surface area (Å²) in [7, 11) is 0. The summed E-state index contributed by atoms with van der Waals surface area (Å²) in [6.45, 7) is 0. The van der Waals surface area contributed by atoms with Gasteiger partial charge in [-0.25, -0.2) is 0 Å². The second-order valence-electron chi connectivity index (χ2n) is 3.41. The molecule has 0 saturated carbocycles. The van der Waals surface area contributed by atoms with Crippen LogP contribution >= 0.6 is 46.4 Å². The Labute approximate surface area is 119 Å². The number of hydrogen-bond acceptors (Lipinski definition) is 1. The molecule has 1 nitrogen and oxygen atoms in total. The van der Waals surface area contributed by atoms with Crippen molar-refractivity contribution in [2.24, 2.45) is 0 Å². The highest BCUT2D eigenvalue weighted by Crippen LogP contribution is 2.30. The molecular formula is C12H7Cl4N. The molecule has 0 saturated heterocycles. The second kappa shape index (κ2) is 5.36. The summed E-state index contributed by atoms with van der Waals surface area (Å²) in [5.74, 6) is 0. The highest BCUT2D eigenvalue weighted by atomic mass is 35.5. The number of hydrogen-bond donors (Lipinski definition) is 1. The van der Waals surface area contributed by atoms with Crippen molar-refractivity contribution in [2.45, 2.75) is 0 Å². The van der Waals surface area contributed by atoms with Gasteiger partial charge in [0.05, 0.1) is 10.7 Å². The van der Waals surface area contributed by atoms with Crippen molar-refractivity contribution in [3.05, 3.63) is 56.5 Å². The van der Waals surface area contributed by atoms with Gasteiger partial charge in [0.15, 0.2) is 0 Å². The summed E-state index contributed by atoms with van der Waals surface area (Å²) in [5.41, 5.74) is 1.51. The second-order valence-corrected chi connectivity index (χ2v) is 5.12. The molecule has 0 heterocycles. The van der Waals surface area contributed by atoms with Gasteiger partial charge in [0.1, 0.15) is 0 Å². The zero-order valence-electron chi connectivity index (χ0n) is 8.48. The quantitative estimate of drug-likeness (QED) is 0.712. The molecule has 1 N–H and O–H groups in total. The van der Waals surface area contributed by atoms with Crippen LogP contribution in [0.25, 0.3) is 0 Å². The lowest BCUT2D eigenvalue weighted by Gasteiger charge is -2.09. The van der Waals surface area contributed by atoms with Crippen LogP contribution in [0.15, 0.2) is 36.4 Å². The number of benzene rings is 2. The lowest BCUT2D eigenvalue weighted by molar-refractivity contribution is 1.55. The van der Waals surface area contributed by atoms with Crippen molar-refractivity contribution in [1.82, 2.24) is 0 Å². The minimum Gasteiger partial charge on any atom is -0.354 e. The van der Waals surface area contributed by atoms with Crippen molar-refractivity contribution in [3.8, 4) is 0 Å². The topological polar surface area (TPSA) is 12.0 Å². The van der Waals surface area contributed by atoms with Crippen LogP contribution in [-0.4, -0.2) is 0 Å². The molecule has 2 aromatic rings. The SMILES string of the molecule is Clc1cc(Cl)cc(Nc2ccc(Cl)cc2Cl)c1. The molecule has 0 radical (unpaired) electrons. The predicted molar refractivity (Wildman–Crippen MR) is 76.2 cm³/mol. The molecule has 0 aliphatic heterocycles. The minimum absolute atomic E-state index is 0.536. The summed E-state index contributed by atoms with van der Waals surface area (Å²) in [6.07, 6.45) is 0. The van der Waals surface area contributed by atoms with E-state index in [1.54, 1.807) is 36.4 Å². The van der Waals surface area contributed by atoms with E-state index in [-0.39, 0.29) is 0 Å². The first kappa shape index (κ1) is 12.8. The first-order valence-corrected chi connectivity index (χ1v) is 6.24. The van der Waals surface area contributed by atoms with E-state index in [2.05, 4.69) is 5.32 Å². The van der Waals surface area contributed by atoms with Crippen LogP contribution in [0, 0.1) is 0 Å². The van der Waals surface area contributed by atoms with Crippen LogP contribution in [0.2, 0.25) is 20.1 Å². The van der Waals surface area contributed by atoms with E-state index in [1.165, 1.54) is 0 Å². The van der Waals surface area contributed by atoms with E-state index in [1.807, 2.05) is 0 Å². The van der Waals surface area contributed by atoms with Gasteiger partial charge >= 0.3 is 0 Å². The molecule has 2 aromatic carbocycles. The summed E-state index contributed by atoms with van der Waals surface area (Å²) in [6, 6.07) is 10.4. The van der Waals surface area contributed by atoms with Crippen LogP contribution < -0.4 is 5.32 Å². The monoisotopic (exact) mass is 305 g/mol. The van der Waals surface area contributed by atoms with E-state index in [0.29, 0.717) is 20.1 Å². The van der Waals surface area contributed by atoms with E-state index in [9.17, 15) is 0 Å². The molecule has 88 valence electrons. The van der Waals surface area contributed by atoms with Crippen LogP contribution in [0.3, 0.4) is 0 Å². The van der Waals surface area contributed by atoms with Crippen molar-refractivity contribution in [3.63, 3.8) is 0 Å². The number of halogens is 4. The number of rotatable bonds is 2. The van der Waals surface area contributed by atoms with Gasteiger partial charge in [-0.1, -0.05) is 46.4 Å². The molecule has 0 amide bonds. The third-order valence-electron chi connectivity index (χ3n) is 2.07. The lowest BCUT2D eigenvalue weighted by atomic mass is 10.2. The van der Waals surface area contributed by atoms with Crippen LogP contribution in [0.1, 0.15) is 0 Å². The molecule has 17 heavy (non-hydrogen) atoms. The number of nitrogens with one attached hydrogen (secondary N) is 1. The molecule has 0 unspecified atom stereocenters. The maximum absolute atomic E-state index is 6.05. The molecule has 0 aliphatic rings. The highest BCUT2D eigenvalue weighted by molar-refractivity contribution is 6.37. The largest absolute Gasteiger partial charge is 0.354 e. The third-order valence-corrected chi connectivity index (χ3v) is 3.06. The van der Waals surface area contributed by atoms with Gasteiger partial charge in [-0.15, -0.1) is 0 Å². The van der Waals surface area contributed by atoms with Gasteiger partial charge in [-0.3, -0.25) is 0 Å². The Kier molecular flexibility index (Phi) is 4.05. The lowest BCUT2D eigenvalue weighted by Crippen LogP contribution is -1.91. The Balaban J connectivity index is 2.31. The first-order chi connectivity index (χ1) is 8.04. The summed E-state index contributed by atoms with van der Waals surface area (Å²) in [4.78, 5) is 0. The molecule has 2 rings (SSSR count). The van der Waals surface area contributed by atoms with Gasteiger partial charge in [0.2, 0.25) is 0 Å². The van der Waals surface area contributed by atoms with Gasteiger partial charge < -0.3 is 5.32 Å². The fourth-order valence-electron chi connectivity index (χ4n) is 1.37. The average molecular weight is 307 g/mol. The van der Waals surface area contributed by atoms with Gasteiger partial charge in [-0.05, 0) is 36.4 Å². The Morgan fingerprint density at radius 2 is 1.35 bits per heavy atom. The normalized spacial score (nSPS) is 10.4. The summed E-state index contributed by atoms with van der Waals surface area (Å²) in [5, 5.41) is 5.37. The maximum Gasteiger partial charge on any atom is 0.0655 e. The zero-order chi connectivity index (χ0) is 12.4. The standard InChI is InChI=1S/C12H7Cl4N/c13-7-1-2-12(11(16)6-7)17-10-4-8(14)3-9(15)5-10/h1-6,17H. The molecule has 0 aliphatic carbocycles. The molecule has 0 spiro atoms. The van der Waals surface area contributed by atoms with Crippen molar-refractivity contribution in [1.29, 1.82) is 0 Å². The van der Waals surface area contributed by atoms with Gasteiger partial charge in [0.25, 0.3) is 0 Å². The first-order valence-electron chi connectivity index (χ1n) is 4.73. The molecule has 5 heteroatoms. The van der Waals surface area contributed by atoms with Crippen LogP contribution in [-0.2, 0) is 0 Å². The average Bonchev–Trinajstić information content (AvgIpc) is 2.21.